The van der Waals surface area contributed by atoms with Crippen molar-refractivity contribution in [2.75, 3.05) is 13.3 Å². The zero-order chi connectivity index (χ0) is 9.35. The highest BCUT2D eigenvalue weighted by atomic mass is 32.2. The van der Waals surface area contributed by atoms with Crippen LogP contribution < -0.4 is 0 Å². The van der Waals surface area contributed by atoms with Gasteiger partial charge in [0.05, 0.1) is 18.4 Å². The minimum Gasteiger partial charge on any atom is -0.391 e. The van der Waals surface area contributed by atoms with E-state index in [-0.39, 0.29) is 6.04 Å². The molecule has 12 heavy (non-hydrogen) atoms. The second kappa shape index (κ2) is 3.32. The van der Waals surface area contributed by atoms with Crippen LogP contribution in [0.25, 0.3) is 0 Å². The smallest absolute Gasteiger partial charge is 0.211 e. The third-order valence-corrected chi connectivity index (χ3v) is 3.75. The molecule has 0 aromatic heterocycles. The van der Waals surface area contributed by atoms with E-state index >= 15 is 0 Å². The Morgan fingerprint density at radius 3 is 2.33 bits per heavy atom. The highest BCUT2D eigenvalue weighted by molar-refractivity contribution is 7.88. The van der Waals surface area contributed by atoms with Gasteiger partial charge in [0.2, 0.25) is 10.0 Å². The van der Waals surface area contributed by atoms with Gasteiger partial charge in [-0.1, -0.05) is 0 Å². The van der Waals surface area contributed by atoms with Crippen LogP contribution in [-0.2, 0) is 10.0 Å². The first kappa shape index (κ1) is 9.95. The van der Waals surface area contributed by atoms with Gasteiger partial charge in [-0.3, -0.25) is 0 Å². The van der Waals surface area contributed by atoms with Crippen LogP contribution in [-0.4, -0.2) is 43.3 Å². The number of rotatable bonds is 2. The monoisotopic (exact) mass is 193 g/mol. The highest BCUT2D eigenvalue weighted by Gasteiger charge is 2.32. The Bertz CT molecular complexity index is 249. The molecule has 0 unspecified atom stereocenters. The summed E-state index contributed by atoms with van der Waals surface area (Å²) in [5.41, 5.74) is 0. The van der Waals surface area contributed by atoms with E-state index in [1.807, 2.05) is 0 Å². The molecule has 5 heteroatoms. The van der Waals surface area contributed by atoms with Crippen molar-refractivity contribution in [3.05, 3.63) is 0 Å². The average molecular weight is 193 g/mol. The van der Waals surface area contributed by atoms with Crippen molar-refractivity contribution in [2.45, 2.75) is 31.4 Å². The first-order valence-corrected chi connectivity index (χ1v) is 5.89. The fourth-order valence-corrected chi connectivity index (χ4v) is 2.33. The topological polar surface area (TPSA) is 57.6 Å². The van der Waals surface area contributed by atoms with E-state index in [2.05, 4.69) is 0 Å². The predicted octanol–water partition coefficient (Wildman–Crippen LogP) is -0.209. The van der Waals surface area contributed by atoms with Gasteiger partial charge in [0, 0.05) is 7.05 Å². The second-order valence-electron chi connectivity index (χ2n) is 3.34. The number of hydrogen-bond donors (Lipinski definition) is 1. The molecule has 2 atom stereocenters. The van der Waals surface area contributed by atoms with Crippen LogP contribution in [0.4, 0.5) is 0 Å². The van der Waals surface area contributed by atoms with E-state index in [9.17, 15) is 13.5 Å². The zero-order valence-corrected chi connectivity index (χ0v) is 8.21. The Balaban J connectivity index is 2.70. The number of aliphatic hydroxyl groups is 1. The number of sulfonamides is 1. The molecule has 4 nitrogen and oxygen atoms in total. The molecule has 72 valence electrons. The van der Waals surface area contributed by atoms with Crippen molar-refractivity contribution in [2.24, 2.45) is 0 Å². The van der Waals surface area contributed by atoms with E-state index in [1.54, 1.807) is 0 Å². The quantitative estimate of drug-likeness (QED) is 0.660. The van der Waals surface area contributed by atoms with Crippen LogP contribution in [0, 0.1) is 0 Å². The highest BCUT2D eigenvalue weighted by Crippen LogP contribution is 2.24. The fourth-order valence-electron chi connectivity index (χ4n) is 1.59. The summed E-state index contributed by atoms with van der Waals surface area (Å²) < 4.78 is 23.4. The lowest BCUT2D eigenvalue weighted by molar-refractivity contribution is 0.122. The largest absolute Gasteiger partial charge is 0.391 e. The van der Waals surface area contributed by atoms with Crippen LogP contribution in [0.1, 0.15) is 19.3 Å². The maximum Gasteiger partial charge on any atom is 0.211 e. The molecule has 1 aliphatic carbocycles. The maximum atomic E-state index is 11.1. The second-order valence-corrected chi connectivity index (χ2v) is 5.39. The molecule has 0 heterocycles. The average Bonchev–Trinajstić information content (AvgIpc) is 2.31. The molecular formula is C7H15NO3S. The van der Waals surface area contributed by atoms with Crippen molar-refractivity contribution in [3.63, 3.8) is 0 Å². The van der Waals surface area contributed by atoms with Gasteiger partial charge < -0.3 is 5.11 Å². The van der Waals surface area contributed by atoms with E-state index in [0.29, 0.717) is 6.42 Å². The summed E-state index contributed by atoms with van der Waals surface area (Å²) in [6, 6.07) is -0.208. The van der Waals surface area contributed by atoms with Crippen molar-refractivity contribution in [3.8, 4) is 0 Å². The van der Waals surface area contributed by atoms with Crippen molar-refractivity contribution >= 4 is 10.0 Å². The van der Waals surface area contributed by atoms with Gasteiger partial charge in [0.15, 0.2) is 0 Å². The lowest BCUT2D eigenvalue weighted by Crippen LogP contribution is -2.40. The van der Waals surface area contributed by atoms with Gasteiger partial charge >= 0.3 is 0 Å². The Labute approximate surface area is 73.2 Å². The molecule has 0 saturated heterocycles. The number of aliphatic hydroxyl groups excluding tert-OH is 1. The SMILES string of the molecule is CN([C@@H]1CCC[C@H]1O)S(C)(=O)=O. The van der Waals surface area contributed by atoms with E-state index in [4.69, 9.17) is 0 Å². The molecule has 1 rings (SSSR count). The van der Waals surface area contributed by atoms with E-state index < -0.39 is 16.1 Å². The summed E-state index contributed by atoms with van der Waals surface area (Å²) in [6.07, 6.45) is 3.07. The Morgan fingerprint density at radius 1 is 1.42 bits per heavy atom. The van der Waals surface area contributed by atoms with Crippen LogP contribution in [0.2, 0.25) is 0 Å². The van der Waals surface area contributed by atoms with Gasteiger partial charge in [-0.25, -0.2) is 8.42 Å². The first-order chi connectivity index (χ1) is 5.43. The molecule has 0 aromatic rings. The summed E-state index contributed by atoms with van der Waals surface area (Å²) in [7, 11) is -1.62. The van der Waals surface area contributed by atoms with Crippen molar-refractivity contribution < 1.29 is 13.5 Å². The standard InChI is InChI=1S/C7H15NO3S/c1-8(12(2,10)11)6-4-3-5-7(6)9/h6-7,9H,3-5H2,1-2H3/t6-,7-/m1/s1. The maximum absolute atomic E-state index is 11.1. The molecule has 1 N–H and O–H groups in total. The molecule has 0 spiro atoms. The first-order valence-electron chi connectivity index (χ1n) is 4.04. The van der Waals surface area contributed by atoms with Gasteiger partial charge in [0.25, 0.3) is 0 Å². The van der Waals surface area contributed by atoms with Crippen molar-refractivity contribution in [1.82, 2.24) is 4.31 Å². The van der Waals surface area contributed by atoms with E-state index in [1.165, 1.54) is 11.4 Å². The summed E-state index contributed by atoms with van der Waals surface area (Å²) in [5.74, 6) is 0. The molecule has 0 radical (unpaired) electrons. The third kappa shape index (κ3) is 1.97. The summed E-state index contributed by atoms with van der Waals surface area (Å²) in [5, 5.41) is 9.42. The molecule has 1 aliphatic rings. The Kier molecular flexibility index (Phi) is 2.75. The number of likely N-dealkylation sites (N-methyl/N-ethyl adjacent to an activating group) is 1. The summed E-state index contributed by atoms with van der Waals surface area (Å²) in [6.45, 7) is 0. The molecule has 0 amide bonds. The predicted molar refractivity (Wildman–Crippen MR) is 46.3 cm³/mol. The lowest BCUT2D eigenvalue weighted by Gasteiger charge is -2.24. The minimum absolute atomic E-state index is 0.208. The molecule has 0 aliphatic heterocycles. The van der Waals surface area contributed by atoms with Crippen LogP contribution in [0.15, 0.2) is 0 Å². The molecule has 0 aromatic carbocycles. The van der Waals surface area contributed by atoms with E-state index in [0.717, 1.165) is 19.1 Å². The number of hydrogen-bond acceptors (Lipinski definition) is 3. The molecule has 1 fully saturated rings. The van der Waals surface area contributed by atoms with Gasteiger partial charge in [-0.05, 0) is 19.3 Å². The minimum atomic E-state index is -3.15. The molecular weight excluding hydrogens is 178 g/mol. The normalized spacial score (nSPS) is 31.3. The Hall–Kier alpha value is -0.130. The zero-order valence-electron chi connectivity index (χ0n) is 7.40. The molecule has 1 saturated carbocycles. The van der Waals surface area contributed by atoms with Crippen LogP contribution >= 0.6 is 0 Å². The van der Waals surface area contributed by atoms with Gasteiger partial charge in [0.1, 0.15) is 0 Å². The Morgan fingerprint density at radius 2 is 2.00 bits per heavy atom. The molecule has 0 bridgehead atoms. The summed E-state index contributed by atoms with van der Waals surface area (Å²) >= 11 is 0. The van der Waals surface area contributed by atoms with Crippen LogP contribution in [0.5, 0.6) is 0 Å². The lowest BCUT2D eigenvalue weighted by atomic mass is 10.2. The van der Waals surface area contributed by atoms with Gasteiger partial charge in [-0.15, -0.1) is 0 Å². The summed E-state index contributed by atoms with van der Waals surface area (Å²) in [4.78, 5) is 0. The van der Waals surface area contributed by atoms with Crippen molar-refractivity contribution in [1.29, 1.82) is 0 Å². The number of nitrogens with zero attached hydrogens (tertiary/aromatic N) is 1. The van der Waals surface area contributed by atoms with Crippen LogP contribution in [0.3, 0.4) is 0 Å². The third-order valence-electron chi connectivity index (χ3n) is 2.43. The van der Waals surface area contributed by atoms with Gasteiger partial charge in [-0.2, -0.15) is 4.31 Å². The fraction of sp³-hybridized carbons (Fsp3) is 1.00.